The van der Waals surface area contributed by atoms with E-state index in [1.54, 1.807) is 18.2 Å². The second-order valence-electron chi connectivity index (χ2n) is 10.8. The lowest BCUT2D eigenvalue weighted by Crippen LogP contribution is -2.23. The molecule has 0 aromatic heterocycles. The summed E-state index contributed by atoms with van der Waals surface area (Å²) in [4.78, 5) is 20.9. The molecule has 2 N–H and O–H groups in total. The Morgan fingerprint density at radius 3 is 2.33 bits per heavy atom. The Morgan fingerprint density at radius 1 is 0.923 bits per heavy atom. The molecule has 202 valence electrons. The van der Waals surface area contributed by atoms with Gasteiger partial charge in [0.25, 0.3) is 0 Å². The van der Waals surface area contributed by atoms with Crippen molar-refractivity contribution >= 4 is 38.7 Å². The largest absolute Gasteiger partial charge is 0.325 e. The molecule has 3 aliphatic rings. The molecule has 0 radical (unpaired) electrons. The lowest BCUT2D eigenvalue weighted by molar-refractivity contribution is -0.115. The predicted molar refractivity (Wildman–Crippen MR) is 156 cm³/mol. The van der Waals surface area contributed by atoms with Gasteiger partial charge in [0.05, 0.1) is 16.6 Å². The van der Waals surface area contributed by atoms with Gasteiger partial charge < -0.3 is 5.32 Å². The molecule has 7 nitrogen and oxygen atoms in total. The van der Waals surface area contributed by atoms with E-state index in [4.69, 9.17) is 4.99 Å². The molecule has 1 saturated heterocycles. The maximum Gasteiger partial charge on any atom is 0.238 e. The number of benzene rings is 3. The summed E-state index contributed by atoms with van der Waals surface area (Å²) in [6, 6.07) is 23.2. The monoisotopic (exact) mass is 542 g/mol. The first kappa shape index (κ1) is 25.8. The van der Waals surface area contributed by atoms with Gasteiger partial charge in [-0.2, -0.15) is 0 Å². The van der Waals surface area contributed by atoms with E-state index in [0.29, 0.717) is 29.9 Å². The van der Waals surface area contributed by atoms with E-state index in [1.807, 2.05) is 42.5 Å². The summed E-state index contributed by atoms with van der Waals surface area (Å²) < 4.78 is 27.8. The van der Waals surface area contributed by atoms with Crippen molar-refractivity contribution in [1.29, 1.82) is 0 Å². The van der Waals surface area contributed by atoms with Crippen molar-refractivity contribution in [2.45, 2.75) is 56.2 Å². The quantitative estimate of drug-likeness (QED) is 0.351. The van der Waals surface area contributed by atoms with Crippen LogP contribution in [0.1, 0.15) is 61.1 Å². The first-order valence-electron chi connectivity index (χ1n) is 13.9. The van der Waals surface area contributed by atoms with Crippen molar-refractivity contribution in [1.82, 2.24) is 4.90 Å². The van der Waals surface area contributed by atoms with Gasteiger partial charge in [0.2, 0.25) is 15.9 Å². The number of carbonyl (C=O) groups is 1. The van der Waals surface area contributed by atoms with Crippen LogP contribution in [0.4, 0.5) is 17.1 Å². The van der Waals surface area contributed by atoms with Crippen molar-refractivity contribution in [3.8, 4) is 0 Å². The summed E-state index contributed by atoms with van der Waals surface area (Å²) in [5.41, 5.74) is 5.38. The molecule has 0 spiro atoms. The van der Waals surface area contributed by atoms with E-state index in [-0.39, 0.29) is 11.2 Å². The number of anilines is 2. The number of nitrogens with one attached hydrogen (secondary N) is 2. The Kier molecular flexibility index (Phi) is 7.23. The van der Waals surface area contributed by atoms with Gasteiger partial charge in [-0.05, 0) is 85.8 Å². The number of hydrogen-bond acceptors (Lipinski definition) is 5. The second-order valence-corrected chi connectivity index (χ2v) is 12.8. The summed E-state index contributed by atoms with van der Waals surface area (Å²) in [5, 5.41) is 2.64. The van der Waals surface area contributed by atoms with Gasteiger partial charge in [0.1, 0.15) is 5.92 Å². The highest BCUT2D eigenvalue weighted by Gasteiger charge is 2.38. The molecular formula is C31H34N4O3S. The number of nitrogens with zero attached hydrogens (tertiary/aromatic N) is 2. The van der Waals surface area contributed by atoms with Gasteiger partial charge in [0.15, 0.2) is 0 Å². The number of aliphatic imine (C=N–C) groups is 1. The number of hydrogen-bond donors (Lipinski definition) is 2. The normalized spacial score (nSPS) is 20.3. The maximum atomic E-state index is 13.3. The first-order valence-corrected chi connectivity index (χ1v) is 15.4. The van der Waals surface area contributed by atoms with E-state index in [2.05, 4.69) is 27.1 Å². The fourth-order valence-electron chi connectivity index (χ4n) is 5.49. The minimum Gasteiger partial charge on any atom is -0.325 e. The third-order valence-electron chi connectivity index (χ3n) is 7.74. The summed E-state index contributed by atoms with van der Waals surface area (Å²) in [6.45, 7) is 3.23. The van der Waals surface area contributed by atoms with Gasteiger partial charge >= 0.3 is 0 Å². The Bertz CT molecular complexity index is 1470. The Hall–Kier alpha value is -3.49. The molecule has 2 aliphatic heterocycles. The topological polar surface area (TPSA) is 90.9 Å². The first-order chi connectivity index (χ1) is 19.0. The number of fused-ring (bicyclic) bond motifs is 1. The van der Waals surface area contributed by atoms with Crippen molar-refractivity contribution in [2.75, 3.05) is 23.1 Å². The minimum atomic E-state index is -3.42. The van der Waals surface area contributed by atoms with Crippen LogP contribution in [0.2, 0.25) is 0 Å². The van der Waals surface area contributed by atoms with E-state index in [1.165, 1.54) is 31.2 Å². The van der Waals surface area contributed by atoms with Gasteiger partial charge in [-0.1, -0.05) is 55.3 Å². The average molecular weight is 543 g/mol. The summed E-state index contributed by atoms with van der Waals surface area (Å²) in [6.07, 6.45) is 6.53. The minimum absolute atomic E-state index is 0.174. The van der Waals surface area contributed by atoms with Crippen molar-refractivity contribution in [2.24, 2.45) is 4.99 Å². The van der Waals surface area contributed by atoms with Crippen LogP contribution >= 0.6 is 0 Å². The molecule has 1 saturated carbocycles. The van der Waals surface area contributed by atoms with Gasteiger partial charge in [-0.3, -0.25) is 19.4 Å². The molecule has 3 aromatic carbocycles. The molecule has 6 rings (SSSR count). The standard InChI is InChI=1S/C31H34N4O3S/c36-31-29(27-20-25(14-17-28(27)33-31)34-39(37,38)26-15-16-26)30(23-8-4-3-5-9-23)32-24-12-10-22(11-13-24)21-35-18-6-1-2-7-19-35/h3-5,8-14,17,20,26,29,34H,1-2,6-7,15-16,18-19,21H2,(H,33,36). The number of carbonyl (C=O) groups excluding carboxylic acids is 1. The van der Waals surface area contributed by atoms with E-state index >= 15 is 0 Å². The van der Waals surface area contributed by atoms with Crippen LogP contribution in [0.3, 0.4) is 0 Å². The van der Waals surface area contributed by atoms with E-state index in [9.17, 15) is 13.2 Å². The maximum absolute atomic E-state index is 13.3. The van der Waals surface area contributed by atoms with Crippen LogP contribution in [-0.2, 0) is 21.4 Å². The van der Waals surface area contributed by atoms with Gasteiger partial charge in [0, 0.05) is 17.9 Å². The summed E-state index contributed by atoms with van der Waals surface area (Å²) in [5.74, 6) is -0.836. The zero-order valence-electron chi connectivity index (χ0n) is 22.0. The van der Waals surface area contributed by atoms with Crippen LogP contribution in [0.25, 0.3) is 0 Å². The number of sulfonamides is 1. The Balaban J connectivity index is 1.31. The highest BCUT2D eigenvalue weighted by atomic mass is 32.2. The number of amides is 1. The van der Waals surface area contributed by atoms with Crippen molar-refractivity contribution in [3.05, 3.63) is 89.5 Å². The van der Waals surface area contributed by atoms with Crippen molar-refractivity contribution < 1.29 is 13.2 Å². The van der Waals surface area contributed by atoms with Crippen LogP contribution in [0.15, 0.2) is 77.8 Å². The molecule has 0 bridgehead atoms. The van der Waals surface area contributed by atoms with Gasteiger partial charge in [-0.25, -0.2) is 8.42 Å². The lowest BCUT2D eigenvalue weighted by Gasteiger charge is -2.19. The third kappa shape index (κ3) is 5.92. The molecule has 2 fully saturated rings. The molecular weight excluding hydrogens is 508 g/mol. The molecule has 1 unspecified atom stereocenters. The molecule has 1 aliphatic carbocycles. The van der Waals surface area contributed by atoms with Crippen LogP contribution in [0, 0.1) is 0 Å². The molecule has 3 aromatic rings. The van der Waals surface area contributed by atoms with Crippen LogP contribution in [-0.4, -0.2) is 43.3 Å². The molecule has 39 heavy (non-hydrogen) atoms. The van der Waals surface area contributed by atoms with E-state index < -0.39 is 15.9 Å². The zero-order valence-corrected chi connectivity index (χ0v) is 22.8. The molecule has 2 heterocycles. The predicted octanol–water partition coefficient (Wildman–Crippen LogP) is 5.82. The highest BCUT2D eigenvalue weighted by Crippen LogP contribution is 2.39. The van der Waals surface area contributed by atoms with E-state index in [0.717, 1.165) is 36.4 Å². The SMILES string of the molecule is O=C1Nc2ccc(NS(=O)(=O)C3CC3)cc2C1C(=Nc1ccc(CN2CCCCCC2)cc1)c1ccccc1. The number of likely N-dealkylation sites (tertiary alicyclic amines) is 1. The van der Waals surface area contributed by atoms with Crippen LogP contribution in [0.5, 0.6) is 0 Å². The van der Waals surface area contributed by atoms with Gasteiger partial charge in [-0.15, -0.1) is 0 Å². The molecule has 8 heteroatoms. The lowest BCUT2D eigenvalue weighted by atomic mass is 9.90. The summed E-state index contributed by atoms with van der Waals surface area (Å²) in [7, 11) is -3.42. The third-order valence-corrected chi connectivity index (χ3v) is 9.61. The fraction of sp³-hybridized carbons (Fsp3) is 0.355. The fourth-order valence-corrected chi connectivity index (χ4v) is 6.87. The highest BCUT2D eigenvalue weighted by molar-refractivity contribution is 7.93. The second kappa shape index (κ2) is 10.9. The number of rotatable bonds is 8. The van der Waals surface area contributed by atoms with Crippen LogP contribution < -0.4 is 10.0 Å². The van der Waals surface area contributed by atoms with Crippen molar-refractivity contribution in [3.63, 3.8) is 0 Å². The molecule has 1 amide bonds. The summed E-state index contributed by atoms with van der Waals surface area (Å²) >= 11 is 0. The zero-order chi connectivity index (χ0) is 26.8. The smallest absolute Gasteiger partial charge is 0.238 e. The Labute approximate surface area is 230 Å². The average Bonchev–Trinajstić information content (AvgIpc) is 3.77. The molecule has 1 atom stereocenters. The Morgan fingerprint density at radius 2 is 1.64 bits per heavy atom.